The fourth-order valence-corrected chi connectivity index (χ4v) is 3.51. The Kier molecular flexibility index (Phi) is 5.58. The van der Waals surface area contributed by atoms with Gasteiger partial charge in [0.25, 0.3) is 0 Å². The van der Waals surface area contributed by atoms with E-state index in [1.165, 1.54) is 5.56 Å². The van der Waals surface area contributed by atoms with Crippen LogP contribution in [0.3, 0.4) is 0 Å². The van der Waals surface area contributed by atoms with E-state index in [0.29, 0.717) is 6.61 Å². The number of amides is 2. The number of nitrogens with zero attached hydrogens (tertiary/aromatic N) is 2. The Morgan fingerprint density at radius 3 is 2.62 bits per heavy atom. The van der Waals surface area contributed by atoms with Crippen molar-refractivity contribution in [2.45, 2.75) is 72.6 Å². The molecule has 1 fully saturated rings. The van der Waals surface area contributed by atoms with Crippen LogP contribution in [0, 0.1) is 19.3 Å². The molecule has 0 unspecified atom stereocenters. The van der Waals surface area contributed by atoms with Gasteiger partial charge in [-0.3, -0.25) is 4.68 Å². The molecular formula is C18H32N4O2. The molecule has 3 atom stereocenters. The van der Waals surface area contributed by atoms with E-state index in [-0.39, 0.29) is 29.6 Å². The van der Waals surface area contributed by atoms with Gasteiger partial charge in [-0.2, -0.15) is 5.10 Å². The van der Waals surface area contributed by atoms with Gasteiger partial charge in [0.2, 0.25) is 0 Å². The molecule has 6 nitrogen and oxygen atoms in total. The van der Waals surface area contributed by atoms with Crippen molar-refractivity contribution in [1.82, 2.24) is 20.4 Å². The number of aryl methyl sites for hydroxylation is 2. The third-order valence-corrected chi connectivity index (χ3v) is 5.40. The molecule has 1 aliphatic carbocycles. The fourth-order valence-electron chi connectivity index (χ4n) is 3.51. The Balaban J connectivity index is 1.84. The van der Waals surface area contributed by atoms with Gasteiger partial charge in [-0.05, 0) is 46.1 Å². The molecule has 2 amide bonds. The summed E-state index contributed by atoms with van der Waals surface area (Å²) in [7, 11) is 1.95. The first-order valence-electron chi connectivity index (χ1n) is 8.84. The third kappa shape index (κ3) is 3.74. The first-order chi connectivity index (χ1) is 11.2. The summed E-state index contributed by atoms with van der Waals surface area (Å²) < 4.78 is 7.60. The molecule has 0 radical (unpaired) electrons. The topological polar surface area (TPSA) is 68.2 Å². The van der Waals surface area contributed by atoms with Crippen molar-refractivity contribution in [1.29, 1.82) is 0 Å². The second kappa shape index (κ2) is 7.13. The van der Waals surface area contributed by atoms with Crippen LogP contribution in [0.4, 0.5) is 4.79 Å². The Bertz CT molecular complexity index is 594. The lowest BCUT2D eigenvalue weighted by molar-refractivity contribution is -0.110. The van der Waals surface area contributed by atoms with Gasteiger partial charge in [-0.1, -0.05) is 13.8 Å². The average molecular weight is 336 g/mol. The van der Waals surface area contributed by atoms with Crippen molar-refractivity contribution in [2.24, 2.45) is 12.5 Å². The van der Waals surface area contributed by atoms with Crippen LogP contribution in [0.15, 0.2) is 0 Å². The molecule has 0 bridgehead atoms. The number of aromatic nitrogens is 2. The van der Waals surface area contributed by atoms with E-state index in [1.807, 2.05) is 32.5 Å². The summed E-state index contributed by atoms with van der Waals surface area (Å²) in [5, 5.41) is 10.6. The second-order valence-corrected chi connectivity index (χ2v) is 7.55. The normalized spacial score (nSPS) is 23.5. The van der Waals surface area contributed by atoms with Crippen LogP contribution in [0.2, 0.25) is 0 Å². The van der Waals surface area contributed by atoms with Crippen LogP contribution >= 0.6 is 0 Å². The maximum atomic E-state index is 12.3. The van der Waals surface area contributed by atoms with Crippen LogP contribution in [-0.4, -0.2) is 40.6 Å². The molecule has 0 aromatic carbocycles. The van der Waals surface area contributed by atoms with E-state index in [2.05, 4.69) is 36.5 Å². The number of carbonyl (C=O) groups is 1. The fraction of sp³-hybridized carbons (Fsp3) is 0.778. The Morgan fingerprint density at radius 1 is 1.46 bits per heavy atom. The van der Waals surface area contributed by atoms with E-state index in [4.69, 9.17) is 4.74 Å². The highest BCUT2D eigenvalue weighted by Crippen LogP contribution is 2.42. The minimum absolute atomic E-state index is 0.0207. The van der Waals surface area contributed by atoms with Gasteiger partial charge in [-0.15, -0.1) is 0 Å². The largest absolute Gasteiger partial charge is 0.378 e. The molecule has 1 heterocycles. The average Bonchev–Trinajstić information content (AvgIpc) is 2.72. The van der Waals surface area contributed by atoms with E-state index in [0.717, 1.165) is 24.2 Å². The highest BCUT2D eigenvalue weighted by Gasteiger charge is 2.49. The maximum Gasteiger partial charge on any atom is 0.315 e. The number of nitrogens with one attached hydrogen (secondary N) is 2. The van der Waals surface area contributed by atoms with E-state index < -0.39 is 0 Å². The van der Waals surface area contributed by atoms with Gasteiger partial charge in [0, 0.05) is 36.8 Å². The van der Waals surface area contributed by atoms with Crippen LogP contribution < -0.4 is 10.6 Å². The predicted molar refractivity (Wildman–Crippen MR) is 95.1 cm³/mol. The number of ether oxygens (including phenoxy) is 1. The van der Waals surface area contributed by atoms with Crippen LogP contribution in [0.25, 0.3) is 0 Å². The van der Waals surface area contributed by atoms with Crippen molar-refractivity contribution in [3.63, 3.8) is 0 Å². The van der Waals surface area contributed by atoms with Gasteiger partial charge in [0.05, 0.1) is 11.8 Å². The number of urea groups is 1. The zero-order valence-corrected chi connectivity index (χ0v) is 16.1. The number of carbonyl (C=O) groups excluding carboxylic acids is 1. The lowest BCUT2D eigenvalue weighted by atomic mass is 9.64. The highest BCUT2D eigenvalue weighted by atomic mass is 16.5. The molecule has 0 spiro atoms. The lowest BCUT2D eigenvalue weighted by Crippen LogP contribution is -2.63. The monoisotopic (exact) mass is 336 g/mol. The molecule has 1 aromatic rings. The second-order valence-electron chi connectivity index (χ2n) is 7.55. The minimum atomic E-state index is -0.102. The third-order valence-electron chi connectivity index (χ3n) is 5.40. The van der Waals surface area contributed by atoms with Crippen molar-refractivity contribution in [3.8, 4) is 0 Å². The molecular weight excluding hydrogens is 304 g/mol. The van der Waals surface area contributed by atoms with Crippen molar-refractivity contribution in [3.05, 3.63) is 17.0 Å². The molecule has 0 aliphatic heterocycles. The molecule has 24 heavy (non-hydrogen) atoms. The van der Waals surface area contributed by atoms with Crippen LogP contribution in [-0.2, 0) is 18.2 Å². The summed E-state index contributed by atoms with van der Waals surface area (Å²) in [6, 6.07) is 0.107. The summed E-state index contributed by atoms with van der Waals surface area (Å²) in [5.41, 5.74) is 3.38. The number of rotatable bonds is 6. The molecule has 2 N–H and O–H groups in total. The van der Waals surface area contributed by atoms with Crippen molar-refractivity contribution >= 4 is 6.03 Å². The highest BCUT2D eigenvalue weighted by molar-refractivity contribution is 5.74. The molecule has 2 rings (SSSR count). The van der Waals surface area contributed by atoms with E-state index in [1.54, 1.807) is 0 Å². The SMILES string of the molecule is CCO[C@@H]1C[C@@H](NC(=O)N[C@@H](C)Cc2c(C)nn(C)c2C)C1(C)C. The predicted octanol–water partition coefficient (Wildman–Crippen LogP) is 2.47. The summed E-state index contributed by atoms with van der Waals surface area (Å²) in [6.07, 6.45) is 1.89. The van der Waals surface area contributed by atoms with Gasteiger partial charge in [-0.25, -0.2) is 4.79 Å². The quantitative estimate of drug-likeness (QED) is 0.838. The van der Waals surface area contributed by atoms with Crippen LogP contribution in [0.5, 0.6) is 0 Å². The zero-order valence-electron chi connectivity index (χ0n) is 16.1. The summed E-state index contributed by atoms with van der Waals surface area (Å²) >= 11 is 0. The zero-order chi connectivity index (χ0) is 18.1. The molecule has 1 saturated carbocycles. The first-order valence-corrected chi connectivity index (χ1v) is 8.84. The van der Waals surface area contributed by atoms with E-state index >= 15 is 0 Å². The Labute approximate surface area is 145 Å². The molecule has 0 saturated heterocycles. The van der Waals surface area contributed by atoms with Gasteiger partial charge in [0.1, 0.15) is 0 Å². The maximum absolute atomic E-state index is 12.3. The van der Waals surface area contributed by atoms with E-state index in [9.17, 15) is 4.79 Å². The van der Waals surface area contributed by atoms with Gasteiger partial charge >= 0.3 is 6.03 Å². The molecule has 136 valence electrons. The number of hydrogen-bond acceptors (Lipinski definition) is 3. The smallest absolute Gasteiger partial charge is 0.315 e. The first kappa shape index (κ1) is 18.8. The minimum Gasteiger partial charge on any atom is -0.378 e. The van der Waals surface area contributed by atoms with Gasteiger partial charge in [0.15, 0.2) is 0 Å². The van der Waals surface area contributed by atoms with Crippen molar-refractivity contribution in [2.75, 3.05) is 6.61 Å². The van der Waals surface area contributed by atoms with Crippen molar-refractivity contribution < 1.29 is 9.53 Å². The van der Waals surface area contributed by atoms with Crippen LogP contribution in [0.1, 0.15) is 51.1 Å². The standard InChI is InChI=1S/C18H32N4O2/c1-8-24-16-10-15(18(16,5)6)20-17(23)19-11(2)9-14-12(3)21-22(7)13(14)4/h11,15-16H,8-10H2,1-7H3,(H2,19,20,23)/t11-,15+,16+/m0/s1. The lowest BCUT2D eigenvalue weighted by Gasteiger charge is -2.51. The Hall–Kier alpha value is -1.56. The summed E-state index contributed by atoms with van der Waals surface area (Å²) in [6.45, 7) is 13.1. The molecule has 1 aromatic heterocycles. The molecule has 1 aliphatic rings. The molecule has 6 heteroatoms. The summed E-state index contributed by atoms with van der Waals surface area (Å²) in [5.74, 6) is 0. The Morgan fingerprint density at radius 2 is 2.12 bits per heavy atom. The van der Waals surface area contributed by atoms with Gasteiger partial charge < -0.3 is 15.4 Å². The summed E-state index contributed by atoms with van der Waals surface area (Å²) in [4.78, 5) is 12.3. The number of hydrogen-bond donors (Lipinski definition) is 2.